The van der Waals surface area contributed by atoms with Crippen LogP contribution in [0, 0.1) is 142 Å². The maximum Gasteiger partial charge on any atom is 3.00 e. The smallest absolute Gasteiger partial charge is 0.512 e. The minimum Gasteiger partial charge on any atom is -0.512 e. The summed E-state index contributed by atoms with van der Waals surface area (Å²) in [7, 11) is 0. The predicted octanol–water partition coefficient (Wildman–Crippen LogP) is 1.92. The Morgan fingerprint density at radius 2 is 0.471 bits per heavy atom. The Bertz CT molecular complexity index is 283. The Kier molecular flexibility index (Phi) is 1580000. The zero-order chi connectivity index (χ0) is 28.1. The third kappa shape index (κ3) is 13500. The summed E-state index contributed by atoms with van der Waals surface area (Å²) >= 11 is 0. The standard InChI is InChI=1S/C4H10O.12CN.2Co.3Zn/c1-2-3-4-5;12*1-2;;;;;/h5H,2-4H2,1H3;;;;;;;;;;;;;;;;;/q;12*-1;2*+3;3*+2. The summed E-state index contributed by atoms with van der Waals surface area (Å²) < 4.78 is 0. The summed E-state index contributed by atoms with van der Waals surface area (Å²) in [6.45, 7) is 59.4. The van der Waals surface area contributed by atoms with E-state index in [1.165, 1.54) is 0 Å². The van der Waals surface area contributed by atoms with Crippen molar-refractivity contribution in [3.05, 3.63) is 78.9 Å². The Balaban J connectivity index is -0.00000000513. The van der Waals surface area contributed by atoms with Crippen LogP contribution in [0.3, 0.4) is 0 Å². The Hall–Kier alpha value is -3.28. The number of rotatable bonds is 2. The Morgan fingerprint density at radius 1 is 0.382 bits per heavy atom. The molecule has 0 unspecified atom stereocenters. The average molecular weight is 700 g/mol. The van der Waals surface area contributed by atoms with E-state index in [0.29, 0.717) is 6.61 Å². The summed E-state index contributed by atoms with van der Waals surface area (Å²) in [5, 5.41) is 83.1. The van der Waals surface area contributed by atoms with Crippen molar-refractivity contribution in [2.45, 2.75) is 19.8 Å². The van der Waals surface area contributed by atoms with Crippen molar-refractivity contribution in [2.24, 2.45) is 0 Å². The van der Waals surface area contributed by atoms with Gasteiger partial charge < -0.3 is 147 Å². The van der Waals surface area contributed by atoms with Gasteiger partial charge in [0.1, 0.15) is 0 Å². The fraction of sp³-hybridized carbons (Fsp3) is 0.250. The fourth-order valence-electron chi connectivity index (χ4n) is 0.158. The van der Waals surface area contributed by atoms with Gasteiger partial charge in [-0.1, -0.05) is 13.3 Å². The number of hydrogen-bond acceptors (Lipinski definition) is 13. The molecule has 18 heteroatoms. The molecule has 13 nitrogen and oxygen atoms in total. The van der Waals surface area contributed by atoms with E-state index in [2.05, 4.69) is 6.92 Å². The van der Waals surface area contributed by atoms with E-state index >= 15 is 0 Å². The molecule has 0 atom stereocenters. The van der Waals surface area contributed by atoms with Crippen molar-refractivity contribution in [3.63, 3.8) is 0 Å². The number of aliphatic hydroxyl groups excluding tert-OH is 1. The molecule has 0 saturated heterocycles. The van der Waals surface area contributed by atoms with Gasteiger partial charge in [-0.15, -0.1) is 0 Å². The normalized spacial score (nSPS) is 1.94. The number of unbranched alkanes of at least 4 members (excludes halogenated alkanes) is 1. The van der Waals surface area contributed by atoms with Crippen LogP contribution in [0.1, 0.15) is 19.8 Å². The average Bonchev–Trinajstić information content (AvgIpc) is 2.94. The molecule has 0 spiro atoms. The molecule has 34 heavy (non-hydrogen) atoms. The predicted molar refractivity (Wildman–Crippen MR) is 81.6 cm³/mol. The van der Waals surface area contributed by atoms with Crippen LogP contribution < -0.4 is 0 Å². The molecule has 0 fully saturated rings. The zero-order valence-electron chi connectivity index (χ0n) is 17.7. The van der Waals surface area contributed by atoms with E-state index in [0.717, 1.165) is 12.8 Å². The van der Waals surface area contributed by atoms with Crippen molar-refractivity contribution < 1.29 is 97.1 Å². The summed E-state index contributed by atoms with van der Waals surface area (Å²) in [5.41, 5.74) is 0. The van der Waals surface area contributed by atoms with Gasteiger partial charge in [0, 0.05) is 6.61 Å². The van der Waals surface area contributed by atoms with Crippen molar-refractivity contribution >= 4 is 0 Å². The Labute approximate surface area is 263 Å². The maximum atomic E-state index is 8.07. The van der Waals surface area contributed by atoms with Crippen LogP contribution in [-0.2, 0) is 92.0 Å². The molecule has 0 amide bonds. The summed E-state index contributed by atoms with van der Waals surface area (Å²) in [6.07, 6.45) is 2.04. The SMILES string of the molecule is CCCCO.[C-]#N.[C-]#N.[C-]#N.[C-]#N.[C-]#N.[C-]#N.[C-]#N.[C-]#N.[C-]#N.[C-]#N.[C-]#N.[C-]#N.[Co+3].[Co+3].[Zn+2].[Zn+2].[Zn+2]. The van der Waals surface area contributed by atoms with E-state index in [1.807, 2.05) is 0 Å². The molecule has 0 aliphatic heterocycles. The molecule has 0 aliphatic carbocycles. The van der Waals surface area contributed by atoms with E-state index in [9.17, 15) is 0 Å². The van der Waals surface area contributed by atoms with Gasteiger partial charge in [0.2, 0.25) is 0 Å². The number of aliphatic hydroxyl groups is 1. The summed E-state index contributed by atoms with van der Waals surface area (Å²) in [5.74, 6) is 0. The van der Waals surface area contributed by atoms with E-state index < -0.39 is 0 Å². The van der Waals surface area contributed by atoms with Crippen LogP contribution in [0.5, 0.6) is 0 Å². The fourth-order valence-corrected chi connectivity index (χ4v) is 0.158. The summed E-state index contributed by atoms with van der Waals surface area (Å²) in [4.78, 5) is 0. The van der Waals surface area contributed by atoms with Crippen molar-refractivity contribution in [3.8, 4) is 0 Å². The van der Waals surface area contributed by atoms with Crippen LogP contribution in [0.2, 0.25) is 0 Å². The molecule has 0 heterocycles. The van der Waals surface area contributed by atoms with E-state index in [4.69, 9.17) is 147 Å². The van der Waals surface area contributed by atoms with E-state index in [1.54, 1.807) is 0 Å². The molecule has 0 aromatic carbocycles. The second-order valence-electron chi connectivity index (χ2n) is 1.08. The first-order valence-corrected chi connectivity index (χ1v) is 4.71. The number of nitrogens with zero attached hydrogens (tertiary/aromatic N) is 12. The first-order chi connectivity index (χ1) is 14.4. The molecule has 0 aromatic heterocycles. The van der Waals surface area contributed by atoms with Gasteiger partial charge in [-0.05, 0) is 6.42 Å². The minimum atomic E-state index is 0. The third-order valence-corrected chi connectivity index (χ3v) is 0.512. The minimum absolute atomic E-state index is 0. The van der Waals surface area contributed by atoms with Gasteiger partial charge >= 0.3 is 92.0 Å². The van der Waals surface area contributed by atoms with Crippen molar-refractivity contribution in [1.29, 1.82) is 63.1 Å². The molecule has 0 bridgehead atoms. The van der Waals surface area contributed by atoms with Crippen molar-refractivity contribution in [2.75, 3.05) is 6.61 Å². The topological polar surface area (TPSA) is 306 Å². The van der Waals surface area contributed by atoms with Crippen LogP contribution in [0.4, 0.5) is 0 Å². The largest absolute Gasteiger partial charge is 3.00 e. The summed E-state index contributed by atoms with van der Waals surface area (Å²) in [6, 6.07) is 0. The third-order valence-electron chi connectivity index (χ3n) is 0.512. The zero-order valence-corrected chi connectivity index (χ0v) is 28.7. The molecule has 164 valence electrons. The number of hydrogen-bond donors (Lipinski definition) is 1. The van der Waals surface area contributed by atoms with Gasteiger partial charge in [0.25, 0.3) is 0 Å². The van der Waals surface area contributed by atoms with Crippen LogP contribution >= 0.6 is 0 Å². The molecular formula is C16H10Co2N12OZn3. The molecule has 0 aromatic rings. The van der Waals surface area contributed by atoms with Gasteiger partial charge in [-0.25, -0.2) is 0 Å². The second-order valence-corrected chi connectivity index (χ2v) is 1.08. The molecule has 0 radical (unpaired) electrons. The maximum absolute atomic E-state index is 8.07. The first kappa shape index (κ1) is 168. The quantitative estimate of drug-likeness (QED) is 0.318. The second kappa shape index (κ2) is 320000. The van der Waals surface area contributed by atoms with Gasteiger partial charge in [0.15, 0.2) is 0 Å². The molecule has 0 rings (SSSR count). The molecular weight excluding hydrogens is 690 g/mol. The van der Waals surface area contributed by atoms with Gasteiger partial charge in [0.05, 0.1) is 0 Å². The molecule has 1 N–H and O–H groups in total. The van der Waals surface area contributed by atoms with Crippen LogP contribution in [-0.4, -0.2) is 11.7 Å². The van der Waals surface area contributed by atoms with Crippen LogP contribution in [0.25, 0.3) is 0 Å². The monoisotopic (exact) mass is 696 g/mol. The first-order valence-electron chi connectivity index (χ1n) is 4.71. The van der Waals surface area contributed by atoms with Crippen molar-refractivity contribution in [1.82, 2.24) is 0 Å². The van der Waals surface area contributed by atoms with Gasteiger partial charge in [-0.3, -0.25) is 0 Å². The van der Waals surface area contributed by atoms with Crippen LogP contribution in [0.15, 0.2) is 0 Å². The van der Waals surface area contributed by atoms with Gasteiger partial charge in [-0.2, -0.15) is 0 Å². The molecule has 0 aliphatic rings. The van der Waals surface area contributed by atoms with E-state index in [-0.39, 0.29) is 92.0 Å². The Morgan fingerprint density at radius 3 is 0.471 bits per heavy atom. The molecule has 0 saturated carbocycles.